The van der Waals surface area contributed by atoms with Crippen LogP contribution in [-0.2, 0) is 32.5 Å². The first-order valence-electron chi connectivity index (χ1n) is 8.97. The standard InChI is InChI=1S/C8H15O3P.C7H14O4P2.12CH4/c1(7-5-9-7)3-11-12-4-2-8-6-10-8;1(2-10-13-7-5-9-7)3-12-11-6-4-8-6;;;;;;;;;;;;/h7-8,12H,1-6H2;6-7,12-13H,1-5H2;12*1H4. The minimum Gasteiger partial charge on any atom is -0.373 e. The van der Waals surface area contributed by atoms with E-state index in [1.54, 1.807) is 0 Å². The summed E-state index contributed by atoms with van der Waals surface area (Å²) in [6, 6.07) is 0. The highest BCUT2D eigenvalue weighted by molar-refractivity contribution is 7.33. The van der Waals surface area contributed by atoms with E-state index in [1.165, 1.54) is 6.42 Å². The minimum atomic E-state index is 0. The average molecular weight is 607 g/mol. The van der Waals surface area contributed by atoms with Crippen molar-refractivity contribution < 1.29 is 32.5 Å². The molecule has 0 N–H and O–H groups in total. The maximum Gasteiger partial charge on any atom is 0.184 e. The first-order chi connectivity index (χ1) is 12.4. The van der Waals surface area contributed by atoms with Gasteiger partial charge >= 0.3 is 0 Å². The lowest BCUT2D eigenvalue weighted by atomic mass is 10.4. The van der Waals surface area contributed by atoms with Gasteiger partial charge in [0.1, 0.15) is 12.5 Å². The van der Waals surface area contributed by atoms with Crippen molar-refractivity contribution in [2.24, 2.45) is 0 Å². The van der Waals surface area contributed by atoms with Crippen LogP contribution in [0.1, 0.15) is 108 Å². The van der Waals surface area contributed by atoms with Crippen LogP contribution in [0.3, 0.4) is 0 Å². The first kappa shape index (κ1) is 66.4. The molecule has 4 aliphatic rings. The Morgan fingerprint density at radius 3 is 1.51 bits per heavy atom. The second-order valence-corrected chi connectivity index (χ2v) is 9.42. The van der Waals surface area contributed by atoms with E-state index in [2.05, 4.69) is 0 Å². The molecule has 7 nitrogen and oxygen atoms in total. The Hall–Kier alpha value is 1.01. The van der Waals surface area contributed by atoms with Crippen LogP contribution in [0.5, 0.6) is 0 Å². The highest BCUT2D eigenvalue weighted by Crippen LogP contribution is 2.31. The van der Waals surface area contributed by atoms with Crippen LogP contribution >= 0.6 is 26.4 Å². The fourth-order valence-electron chi connectivity index (χ4n) is 1.77. The van der Waals surface area contributed by atoms with Gasteiger partial charge in [0.25, 0.3) is 0 Å². The summed E-state index contributed by atoms with van der Waals surface area (Å²) in [7, 11) is 1.75. The third kappa shape index (κ3) is 44.3. The Morgan fingerprint density at radius 1 is 0.541 bits per heavy atom. The average Bonchev–Trinajstić information content (AvgIpc) is 3.48. The Kier molecular flexibility index (Phi) is 74.4. The van der Waals surface area contributed by atoms with Crippen LogP contribution in [0, 0.1) is 0 Å². The summed E-state index contributed by atoms with van der Waals surface area (Å²) < 4.78 is 36.3. The summed E-state index contributed by atoms with van der Waals surface area (Å²) in [5.74, 6) is 0.415. The monoisotopic (exact) mass is 606 g/mol. The molecule has 4 saturated heterocycles. The molecule has 4 rings (SSSR count). The van der Waals surface area contributed by atoms with Crippen molar-refractivity contribution in [3.8, 4) is 0 Å². The van der Waals surface area contributed by atoms with Crippen molar-refractivity contribution in [1.82, 2.24) is 0 Å². The summed E-state index contributed by atoms with van der Waals surface area (Å²) in [5, 5.41) is 0. The van der Waals surface area contributed by atoms with Gasteiger partial charge in [-0.2, -0.15) is 0 Å². The van der Waals surface area contributed by atoms with E-state index in [4.69, 9.17) is 32.5 Å². The van der Waals surface area contributed by atoms with Gasteiger partial charge in [0, 0.05) is 26.4 Å². The van der Waals surface area contributed by atoms with Crippen LogP contribution < -0.4 is 0 Å². The fraction of sp³-hybridized carbons (Fsp3) is 1.00. The van der Waals surface area contributed by atoms with Crippen molar-refractivity contribution in [1.29, 1.82) is 0 Å². The van der Waals surface area contributed by atoms with Gasteiger partial charge in [-0.3, -0.25) is 0 Å². The second kappa shape index (κ2) is 41.5. The molecule has 0 aliphatic carbocycles. The largest absolute Gasteiger partial charge is 0.373 e. The Morgan fingerprint density at radius 2 is 1.05 bits per heavy atom. The van der Waals surface area contributed by atoms with E-state index in [-0.39, 0.29) is 95.4 Å². The van der Waals surface area contributed by atoms with Crippen molar-refractivity contribution in [3.63, 3.8) is 0 Å². The van der Waals surface area contributed by atoms with Gasteiger partial charge < -0.3 is 32.5 Å². The molecule has 4 heterocycles. The zero-order valence-electron chi connectivity index (χ0n) is 14.4. The molecule has 242 valence electrons. The molecule has 10 heteroatoms. The zero-order chi connectivity index (χ0) is 17.2. The van der Waals surface area contributed by atoms with E-state index < -0.39 is 0 Å². The molecule has 37 heavy (non-hydrogen) atoms. The van der Waals surface area contributed by atoms with Gasteiger partial charge in [0.15, 0.2) is 6.29 Å². The van der Waals surface area contributed by atoms with Crippen LogP contribution in [0.4, 0.5) is 0 Å². The van der Waals surface area contributed by atoms with Gasteiger partial charge in [0.05, 0.1) is 45.2 Å². The predicted molar refractivity (Wildman–Crippen MR) is 181 cm³/mol. The molecule has 7 unspecified atom stereocenters. The molecule has 0 radical (unpaired) electrons. The number of ether oxygens (including phenoxy) is 4. The molecule has 0 bridgehead atoms. The number of hydrogen-bond acceptors (Lipinski definition) is 7. The molecule has 4 aliphatic heterocycles. The summed E-state index contributed by atoms with van der Waals surface area (Å²) in [6.07, 6.45) is 6.76. The Bertz CT molecular complexity index is 325. The zero-order valence-corrected chi connectivity index (χ0v) is 17.4. The van der Waals surface area contributed by atoms with E-state index in [1.807, 2.05) is 0 Å². The molecule has 7 atom stereocenters. The van der Waals surface area contributed by atoms with Crippen molar-refractivity contribution >= 4 is 26.4 Å². The smallest absolute Gasteiger partial charge is 0.184 e. The van der Waals surface area contributed by atoms with E-state index in [9.17, 15) is 0 Å². The van der Waals surface area contributed by atoms with Crippen LogP contribution in [0.15, 0.2) is 0 Å². The summed E-state index contributed by atoms with van der Waals surface area (Å²) >= 11 is 0. The third-order valence-electron chi connectivity index (χ3n) is 3.61. The third-order valence-corrected chi connectivity index (χ3v) is 6.46. The quantitative estimate of drug-likeness (QED) is 0.104. The van der Waals surface area contributed by atoms with Crippen LogP contribution in [0.25, 0.3) is 0 Å². The fourth-order valence-corrected chi connectivity index (χ4v) is 4.02. The van der Waals surface area contributed by atoms with Gasteiger partial charge in [0.2, 0.25) is 0 Å². The molecule has 0 saturated carbocycles. The molecule has 0 aromatic heterocycles. The summed E-state index contributed by atoms with van der Waals surface area (Å²) in [5.41, 5.74) is 0. The van der Waals surface area contributed by atoms with Gasteiger partial charge in [-0.05, 0) is 31.6 Å². The molecule has 0 aromatic rings. The highest BCUT2D eigenvalue weighted by Gasteiger charge is 2.24. The van der Waals surface area contributed by atoms with Crippen LogP contribution in [-0.4, -0.2) is 76.3 Å². The minimum absolute atomic E-state index is 0. The predicted octanol–water partition coefficient (Wildman–Crippen LogP) is 10.1. The molecule has 0 aromatic carbocycles. The molecular formula is C27H77O7P3. The normalized spacial score (nSPS) is 22.1. The highest BCUT2D eigenvalue weighted by atomic mass is 31.1. The van der Waals surface area contributed by atoms with E-state index in [0.29, 0.717) is 44.5 Å². The topological polar surface area (TPSA) is 77.8 Å². The van der Waals surface area contributed by atoms with Gasteiger partial charge in [-0.15, -0.1) is 0 Å². The summed E-state index contributed by atoms with van der Waals surface area (Å²) in [6.45, 7) is 5.30. The first-order valence-corrected chi connectivity index (χ1v) is 12.2. The second-order valence-electron chi connectivity index (χ2n) is 6.15. The van der Waals surface area contributed by atoms with Crippen LogP contribution in [0.2, 0.25) is 0 Å². The molecule has 0 amide bonds. The Labute approximate surface area is 243 Å². The SMILES string of the molecule is C.C.C.C.C.C.C.C.C.C.C.C.C(CC1CO1)OPCCC1CO1.C(COPC1CO1)CPOC1CO1. The number of epoxide rings is 4. The maximum atomic E-state index is 5.45. The lowest BCUT2D eigenvalue weighted by Gasteiger charge is -2.01. The van der Waals surface area contributed by atoms with Crippen molar-refractivity contribution in [2.75, 3.05) is 52.0 Å². The maximum absolute atomic E-state index is 5.45. The summed E-state index contributed by atoms with van der Waals surface area (Å²) in [4.78, 5) is 0. The van der Waals surface area contributed by atoms with Crippen molar-refractivity contribution in [3.05, 3.63) is 0 Å². The van der Waals surface area contributed by atoms with Gasteiger partial charge in [-0.1, -0.05) is 89.1 Å². The molecule has 4 fully saturated rings. The van der Waals surface area contributed by atoms with E-state index >= 15 is 0 Å². The lowest BCUT2D eigenvalue weighted by molar-refractivity contribution is 0.202. The van der Waals surface area contributed by atoms with E-state index in [0.717, 1.165) is 64.8 Å². The molecule has 0 spiro atoms. The molecular weight excluding hydrogens is 529 g/mol. The van der Waals surface area contributed by atoms with Gasteiger partial charge in [-0.25, -0.2) is 0 Å². The lowest BCUT2D eigenvalue weighted by Crippen LogP contribution is -1.93. The Balaban J connectivity index is -0.0000000372. The number of rotatable bonds is 15. The number of hydrogen-bond donors (Lipinski definition) is 0. The van der Waals surface area contributed by atoms with Crippen molar-refractivity contribution in [2.45, 2.75) is 133 Å².